The topological polar surface area (TPSA) is 89.3 Å². The van der Waals surface area contributed by atoms with E-state index in [4.69, 9.17) is 5.14 Å². The predicted molar refractivity (Wildman–Crippen MR) is 106 cm³/mol. The van der Waals surface area contributed by atoms with Crippen molar-refractivity contribution in [3.8, 4) is 0 Å². The number of nitrogens with two attached hydrogens (primary N) is 1. The predicted octanol–water partition coefficient (Wildman–Crippen LogP) is 3.79. The molecule has 0 aliphatic carbocycles. The van der Waals surface area contributed by atoms with E-state index in [0.29, 0.717) is 4.47 Å². The Labute approximate surface area is 163 Å². The van der Waals surface area contributed by atoms with E-state index in [2.05, 4.69) is 40.3 Å². The number of benzene rings is 2. The molecule has 0 unspecified atom stereocenters. The number of rotatable bonds is 6. The van der Waals surface area contributed by atoms with E-state index >= 15 is 0 Å². The van der Waals surface area contributed by atoms with Crippen molar-refractivity contribution in [2.45, 2.75) is 38.1 Å². The van der Waals surface area contributed by atoms with Crippen LogP contribution in [-0.2, 0) is 16.4 Å². The molecule has 5 nitrogen and oxygen atoms in total. The maximum Gasteiger partial charge on any atom is 0.252 e. The molecule has 2 aromatic carbocycles. The number of halogens is 1. The summed E-state index contributed by atoms with van der Waals surface area (Å²) in [4.78, 5) is 12.7. The van der Waals surface area contributed by atoms with E-state index in [1.807, 2.05) is 26.0 Å². The van der Waals surface area contributed by atoms with Gasteiger partial charge in [-0.2, -0.15) is 0 Å². The van der Waals surface area contributed by atoms with Gasteiger partial charge in [-0.15, -0.1) is 0 Å². The first-order chi connectivity index (χ1) is 12.1. The highest BCUT2D eigenvalue weighted by Crippen LogP contribution is 2.25. The van der Waals surface area contributed by atoms with E-state index in [1.165, 1.54) is 23.8 Å². The molecule has 140 valence electrons. The molecule has 1 atom stereocenters. The van der Waals surface area contributed by atoms with Gasteiger partial charge in [0.2, 0.25) is 10.0 Å². The van der Waals surface area contributed by atoms with Crippen LogP contribution in [0.25, 0.3) is 0 Å². The molecule has 0 aliphatic rings. The van der Waals surface area contributed by atoms with Crippen molar-refractivity contribution in [3.05, 3.63) is 63.6 Å². The minimum Gasteiger partial charge on any atom is -0.345 e. The summed E-state index contributed by atoms with van der Waals surface area (Å²) in [6, 6.07) is 12.1. The van der Waals surface area contributed by atoms with E-state index < -0.39 is 10.0 Å². The molecule has 2 aromatic rings. The molecule has 0 saturated carbocycles. The van der Waals surface area contributed by atoms with Crippen molar-refractivity contribution in [2.24, 2.45) is 11.1 Å². The summed E-state index contributed by atoms with van der Waals surface area (Å²) in [5, 5.41) is 8.17. The number of nitrogens with one attached hydrogen (secondary N) is 1. The maximum atomic E-state index is 12.8. The standard InChI is InChI=1S/C19H23BrN2O3S/c1-4-13-5-7-14(8-6-13)18(12(2)3)22-19(23)16-11-15(26(21,24)25)9-10-17(16)20/h5-12,18H,4H2,1-3H3,(H,22,23)(H2,21,24,25)/t18-/m1/s1. The Bertz CT molecular complexity index is 894. The number of sulfonamides is 1. The summed E-state index contributed by atoms with van der Waals surface area (Å²) < 4.78 is 23.6. The van der Waals surface area contributed by atoms with Crippen LogP contribution in [-0.4, -0.2) is 14.3 Å². The molecular formula is C19H23BrN2O3S. The first-order valence-corrected chi connectivity index (χ1v) is 10.7. The minimum atomic E-state index is -3.88. The number of carbonyl (C=O) groups is 1. The zero-order chi connectivity index (χ0) is 19.5. The van der Waals surface area contributed by atoms with Gasteiger partial charge >= 0.3 is 0 Å². The van der Waals surface area contributed by atoms with Crippen molar-refractivity contribution in [3.63, 3.8) is 0 Å². The maximum absolute atomic E-state index is 12.8. The Morgan fingerprint density at radius 2 is 1.77 bits per heavy atom. The van der Waals surface area contributed by atoms with Gasteiger partial charge in [-0.1, -0.05) is 45.0 Å². The molecule has 2 rings (SSSR count). The summed E-state index contributed by atoms with van der Waals surface area (Å²) in [6.07, 6.45) is 0.951. The molecule has 0 spiro atoms. The van der Waals surface area contributed by atoms with Crippen LogP contribution in [0.1, 0.15) is 48.3 Å². The lowest BCUT2D eigenvalue weighted by Gasteiger charge is -2.23. The van der Waals surface area contributed by atoms with Crippen LogP contribution in [0, 0.1) is 5.92 Å². The van der Waals surface area contributed by atoms with Crippen LogP contribution in [0.5, 0.6) is 0 Å². The smallest absolute Gasteiger partial charge is 0.252 e. The fraction of sp³-hybridized carbons (Fsp3) is 0.316. The lowest BCUT2D eigenvalue weighted by molar-refractivity contribution is 0.0924. The largest absolute Gasteiger partial charge is 0.345 e. The second-order valence-electron chi connectivity index (χ2n) is 6.48. The summed E-state index contributed by atoms with van der Waals surface area (Å²) in [6.45, 7) is 6.13. The Hall–Kier alpha value is -1.70. The van der Waals surface area contributed by atoms with Crippen LogP contribution in [0.3, 0.4) is 0 Å². The Morgan fingerprint density at radius 1 is 1.15 bits per heavy atom. The van der Waals surface area contributed by atoms with Gasteiger partial charge in [-0.3, -0.25) is 4.79 Å². The third-order valence-corrected chi connectivity index (χ3v) is 5.81. The minimum absolute atomic E-state index is 0.0979. The lowest BCUT2D eigenvalue weighted by atomic mass is 9.94. The van der Waals surface area contributed by atoms with Crippen molar-refractivity contribution in [2.75, 3.05) is 0 Å². The van der Waals surface area contributed by atoms with Gasteiger partial charge in [0.15, 0.2) is 0 Å². The normalized spacial score (nSPS) is 12.8. The van der Waals surface area contributed by atoms with Crippen molar-refractivity contribution in [1.82, 2.24) is 5.32 Å². The molecule has 0 aliphatic heterocycles. The lowest BCUT2D eigenvalue weighted by Crippen LogP contribution is -2.32. The summed E-state index contributed by atoms with van der Waals surface area (Å²) in [5.41, 5.74) is 2.46. The van der Waals surface area contributed by atoms with Gasteiger partial charge in [0, 0.05) is 4.47 Å². The zero-order valence-electron chi connectivity index (χ0n) is 15.0. The molecule has 0 saturated heterocycles. The van der Waals surface area contributed by atoms with Crippen molar-refractivity contribution < 1.29 is 13.2 Å². The molecule has 0 heterocycles. The van der Waals surface area contributed by atoms with Crippen molar-refractivity contribution >= 4 is 31.9 Å². The molecule has 1 amide bonds. The second-order valence-corrected chi connectivity index (χ2v) is 8.89. The molecular weight excluding hydrogens is 416 g/mol. The van der Waals surface area contributed by atoms with Gasteiger partial charge in [0.25, 0.3) is 5.91 Å². The quantitative estimate of drug-likeness (QED) is 0.718. The molecule has 3 N–H and O–H groups in total. The molecule has 0 fully saturated rings. The number of aryl methyl sites for hydroxylation is 1. The molecule has 0 radical (unpaired) electrons. The first kappa shape index (κ1) is 20.6. The molecule has 26 heavy (non-hydrogen) atoms. The number of carbonyl (C=O) groups excluding carboxylic acids is 1. The van der Waals surface area contributed by atoms with Crippen LogP contribution in [0.4, 0.5) is 0 Å². The number of hydrogen-bond donors (Lipinski definition) is 2. The van der Waals surface area contributed by atoms with Gasteiger partial charge in [-0.05, 0) is 57.6 Å². The van der Waals surface area contributed by atoms with Crippen molar-refractivity contribution in [1.29, 1.82) is 0 Å². The highest BCUT2D eigenvalue weighted by molar-refractivity contribution is 9.10. The summed E-state index contributed by atoms with van der Waals surface area (Å²) in [5.74, 6) is -0.202. The number of hydrogen-bond acceptors (Lipinski definition) is 3. The zero-order valence-corrected chi connectivity index (χ0v) is 17.4. The first-order valence-electron chi connectivity index (χ1n) is 8.35. The number of amides is 1. The Balaban J connectivity index is 2.33. The van der Waals surface area contributed by atoms with Crippen LogP contribution in [0.2, 0.25) is 0 Å². The molecule has 7 heteroatoms. The Morgan fingerprint density at radius 3 is 2.27 bits per heavy atom. The summed E-state index contributed by atoms with van der Waals surface area (Å²) in [7, 11) is -3.88. The van der Waals surface area contributed by atoms with Crippen LogP contribution >= 0.6 is 15.9 Å². The number of primary sulfonamides is 1. The van der Waals surface area contributed by atoms with Gasteiger partial charge in [0.05, 0.1) is 16.5 Å². The fourth-order valence-corrected chi connectivity index (χ4v) is 3.64. The van der Waals surface area contributed by atoms with E-state index in [1.54, 1.807) is 0 Å². The molecule has 0 bridgehead atoms. The Kier molecular flexibility index (Phi) is 6.60. The SMILES string of the molecule is CCc1ccc([C@H](NC(=O)c2cc(S(N)(=O)=O)ccc2Br)C(C)C)cc1. The van der Waals surface area contributed by atoms with E-state index in [0.717, 1.165) is 12.0 Å². The van der Waals surface area contributed by atoms with Gasteiger partial charge in [0.1, 0.15) is 0 Å². The molecule has 0 aromatic heterocycles. The fourth-order valence-electron chi connectivity index (χ4n) is 2.67. The monoisotopic (exact) mass is 438 g/mol. The van der Waals surface area contributed by atoms with Crippen LogP contribution < -0.4 is 10.5 Å². The third kappa shape index (κ3) is 4.93. The third-order valence-electron chi connectivity index (χ3n) is 4.21. The highest BCUT2D eigenvalue weighted by Gasteiger charge is 2.22. The summed E-state index contributed by atoms with van der Waals surface area (Å²) >= 11 is 3.30. The van der Waals surface area contributed by atoms with E-state index in [-0.39, 0.29) is 28.3 Å². The second kappa shape index (κ2) is 8.33. The van der Waals surface area contributed by atoms with Gasteiger partial charge in [-0.25, -0.2) is 13.6 Å². The van der Waals surface area contributed by atoms with E-state index in [9.17, 15) is 13.2 Å². The highest BCUT2D eigenvalue weighted by atomic mass is 79.9. The van der Waals surface area contributed by atoms with Crippen LogP contribution in [0.15, 0.2) is 51.8 Å². The average Bonchev–Trinajstić information content (AvgIpc) is 2.58. The average molecular weight is 439 g/mol. The van der Waals surface area contributed by atoms with Gasteiger partial charge < -0.3 is 5.32 Å².